The average molecular weight is 214 g/mol. The maximum absolute atomic E-state index is 5.34. The summed E-state index contributed by atoms with van der Waals surface area (Å²) in [7, 11) is 0. The van der Waals surface area contributed by atoms with E-state index in [0.717, 1.165) is 0 Å². The van der Waals surface area contributed by atoms with Gasteiger partial charge in [-0.15, -0.1) is 0 Å². The van der Waals surface area contributed by atoms with Crippen LogP contribution >= 0.6 is 0 Å². The molecule has 0 aliphatic carbocycles. The van der Waals surface area contributed by atoms with E-state index in [-0.39, 0.29) is 5.92 Å². The molecule has 86 valence electrons. The van der Waals surface area contributed by atoms with Crippen molar-refractivity contribution in [3.8, 4) is 0 Å². The van der Waals surface area contributed by atoms with Gasteiger partial charge in [-0.25, -0.2) is 0 Å². The minimum absolute atomic E-state index is 0.242. The van der Waals surface area contributed by atoms with E-state index in [1.807, 2.05) is 27.7 Å². The Bertz CT molecular complexity index is 280. The topological polar surface area (TPSA) is 57.4 Å². The lowest BCUT2D eigenvalue weighted by atomic mass is 10.2. The van der Waals surface area contributed by atoms with Crippen LogP contribution in [0.15, 0.2) is 4.52 Å². The summed E-state index contributed by atoms with van der Waals surface area (Å²) >= 11 is 0. The van der Waals surface area contributed by atoms with Gasteiger partial charge in [-0.05, 0) is 13.8 Å². The molecule has 0 atom stereocenters. The summed E-state index contributed by atoms with van der Waals surface area (Å²) < 4.78 is 15.8. The lowest BCUT2D eigenvalue weighted by Crippen LogP contribution is -2.09. The first-order valence-corrected chi connectivity index (χ1v) is 5.25. The monoisotopic (exact) mass is 214 g/mol. The fraction of sp³-hybridized carbons (Fsp3) is 0.800. The minimum Gasteiger partial charge on any atom is -0.345 e. The average Bonchev–Trinajstić information content (AvgIpc) is 2.66. The quantitative estimate of drug-likeness (QED) is 0.680. The summed E-state index contributed by atoms with van der Waals surface area (Å²) in [5, 5.41) is 3.85. The van der Waals surface area contributed by atoms with Gasteiger partial charge >= 0.3 is 0 Å². The van der Waals surface area contributed by atoms with Crippen LogP contribution in [0.2, 0.25) is 0 Å². The molecule has 0 saturated heterocycles. The van der Waals surface area contributed by atoms with Gasteiger partial charge in [0.1, 0.15) is 0 Å². The Morgan fingerprint density at radius 3 is 2.20 bits per heavy atom. The van der Waals surface area contributed by atoms with Gasteiger partial charge in [0.2, 0.25) is 6.29 Å². The minimum atomic E-state index is -0.542. The van der Waals surface area contributed by atoms with E-state index >= 15 is 0 Å². The van der Waals surface area contributed by atoms with Gasteiger partial charge < -0.3 is 14.0 Å². The van der Waals surface area contributed by atoms with Crippen LogP contribution in [0, 0.1) is 0 Å². The molecule has 5 nitrogen and oxygen atoms in total. The largest absolute Gasteiger partial charge is 0.345 e. The molecule has 0 amide bonds. The fourth-order valence-electron chi connectivity index (χ4n) is 1.07. The van der Waals surface area contributed by atoms with E-state index < -0.39 is 6.29 Å². The van der Waals surface area contributed by atoms with Crippen molar-refractivity contribution in [2.75, 3.05) is 13.2 Å². The standard InChI is InChI=1S/C10H18N2O3/c1-5-13-10(14-6-2)9-11-8(7(3)4)12-15-9/h7,10H,5-6H2,1-4H3. The number of hydrogen-bond acceptors (Lipinski definition) is 5. The summed E-state index contributed by atoms with van der Waals surface area (Å²) in [6, 6.07) is 0. The number of nitrogens with zero attached hydrogens (tertiary/aromatic N) is 2. The lowest BCUT2D eigenvalue weighted by Gasteiger charge is -2.11. The first kappa shape index (κ1) is 12.1. The highest BCUT2D eigenvalue weighted by Gasteiger charge is 2.20. The van der Waals surface area contributed by atoms with Gasteiger partial charge in [0.25, 0.3) is 5.89 Å². The molecule has 0 aliphatic heterocycles. The number of aromatic nitrogens is 2. The smallest absolute Gasteiger partial charge is 0.283 e. The first-order valence-electron chi connectivity index (χ1n) is 5.25. The highest BCUT2D eigenvalue weighted by Crippen LogP contribution is 2.19. The summed E-state index contributed by atoms with van der Waals surface area (Å²) in [6.07, 6.45) is -0.542. The molecule has 0 saturated carbocycles. The molecular formula is C10H18N2O3. The van der Waals surface area contributed by atoms with Crippen molar-refractivity contribution in [3.63, 3.8) is 0 Å². The van der Waals surface area contributed by atoms with Crippen LogP contribution in [0.1, 0.15) is 51.6 Å². The molecular weight excluding hydrogens is 196 g/mol. The van der Waals surface area contributed by atoms with Crippen LogP contribution in [-0.4, -0.2) is 23.4 Å². The third kappa shape index (κ3) is 3.28. The summed E-state index contributed by atoms with van der Waals surface area (Å²) in [4.78, 5) is 4.22. The Morgan fingerprint density at radius 2 is 1.80 bits per heavy atom. The summed E-state index contributed by atoms with van der Waals surface area (Å²) in [6.45, 7) is 8.89. The molecule has 1 aromatic heterocycles. The first-order chi connectivity index (χ1) is 7.19. The van der Waals surface area contributed by atoms with E-state index in [0.29, 0.717) is 24.9 Å². The van der Waals surface area contributed by atoms with Crippen molar-refractivity contribution < 1.29 is 14.0 Å². The fourth-order valence-corrected chi connectivity index (χ4v) is 1.07. The van der Waals surface area contributed by atoms with Crippen molar-refractivity contribution in [1.82, 2.24) is 10.1 Å². The van der Waals surface area contributed by atoms with Crippen molar-refractivity contribution in [3.05, 3.63) is 11.7 Å². The van der Waals surface area contributed by atoms with Gasteiger partial charge in [0.05, 0.1) is 0 Å². The van der Waals surface area contributed by atoms with Crippen molar-refractivity contribution in [1.29, 1.82) is 0 Å². The van der Waals surface area contributed by atoms with E-state index in [2.05, 4.69) is 10.1 Å². The maximum atomic E-state index is 5.34. The van der Waals surface area contributed by atoms with Gasteiger partial charge in [0, 0.05) is 19.1 Å². The zero-order valence-corrected chi connectivity index (χ0v) is 9.69. The highest BCUT2D eigenvalue weighted by atomic mass is 16.7. The van der Waals surface area contributed by atoms with E-state index in [1.165, 1.54) is 0 Å². The molecule has 0 bridgehead atoms. The SMILES string of the molecule is CCOC(OCC)c1nc(C(C)C)no1. The lowest BCUT2D eigenvalue weighted by molar-refractivity contribution is -0.155. The third-order valence-corrected chi connectivity index (χ3v) is 1.81. The second-order valence-corrected chi connectivity index (χ2v) is 3.39. The van der Waals surface area contributed by atoms with Gasteiger partial charge in [-0.3, -0.25) is 0 Å². The predicted octanol–water partition coefficient (Wildman–Crippen LogP) is 2.26. The van der Waals surface area contributed by atoms with E-state index in [4.69, 9.17) is 14.0 Å². The van der Waals surface area contributed by atoms with Crippen LogP contribution in [0.25, 0.3) is 0 Å². The number of ether oxygens (including phenoxy) is 2. The molecule has 15 heavy (non-hydrogen) atoms. The third-order valence-electron chi connectivity index (χ3n) is 1.81. The second kappa shape index (κ2) is 5.82. The van der Waals surface area contributed by atoms with Crippen LogP contribution in [0.4, 0.5) is 0 Å². The van der Waals surface area contributed by atoms with Crippen molar-refractivity contribution >= 4 is 0 Å². The van der Waals surface area contributed by atoms with Crippen molar-refractivity contribution in [2.45, 2.75) is 39.9 Å². The van der Waals surface area contributed by atoms with Crippen LogP contribution in [0.3, 0.4) is 0 Å². The molecule has 0 aliphatic rings. The summed E-state index contributed by atoms with van der Waals surface area (Å²) in [5.74, 6) is 1.31. The second-order valence-electron chi connectivity index (χ2n) is 3.39. The van der Waals surface area contributed by atoms with E-state index in [1.54, 1.807) is 0 Å². The molecule has 0 fully saturated rings. The Morgan fingerprint density at radius 1 is 1.20 bits per heavy atom. The number of rotatable bonds is 6. The zero-order chi connectivity index (χ0) is 11.3. The Balaban J connectivity index is 2.72. The molecule has 0 aromatic carbocycles. The molecule has 0 radical (unpaired) electrons. The van der Waals surface area contributed by atoms with Gasteiger partial charge in [-0.2, -0.15) is 4.98 Å². The van der Waals surface area contributed by atoms with Crippen LogP contribution < -0.4 is 0 Å². The molecule has 0 unspecified atom stereocenters. The molecule has 1 rings (SSSR count). The molecule has 0 spiro atoms. The number of hydrogen-bond donors (Lipinski definition) is 0. The maximum Gasteiger partial charge on any atom is 0.283 e. The van der Waals surface area contributed by atoms with Gasteiger partial charge in [-0.1, -0.05) is 19.0 Å². The zero-order valence-electron chi connectivity index (χ0n) is 9.69. The van der Waals surface area contributed by atoms with Crippen LogP contribution in [-0.2, 0) is 9.47 Å². The molecule has 5 heteroatoms. The molecule has 1 aromatic rings. The van der Waals surface area contributed by atoms with Crippen molar-refractivity contribution in [2.24, 2.45) is 0 Å². The Kier molecular flexibility index (Phi) is 4.71. The normalized spacial score (nSPS) is 11.6. The molecule has 1 heterocycles. The Hall–Kier alpha value is -0.940. The predicted molar refractivity (Wildman–Crippen MR) is 54.4 cm³/mol. The molecule has 0 N–H and O–H groups in total. The van der Waals surface area contributed by atoms with Gasteiger partial charge in [0.15, 0.2) is 5.82 Å². The highest BCUT2D eigenvalue weighted by molar-refractivity contribution is 4.92. The van der Waals surface area contributed by atoms with E-state index in [9.17, 15) is 0 Å². The van der Waals surface area contributed by atoms with Crippen LogP contribution in [0.5, 0.6) is 0 Å². The summed E-state index contributed by atoms with van der Waals surface area (Å²) in [5.41, 5.74) is 0. The Labute approximate surface area is 89.8 Å².